The maximum Gasteiger partial charge on any atom is -0.0233 e. The van der Waals surface area contributed by atoms with Gasteiger partial charge in [0.15, 0.2) is 0 Å². The quantitative estimate of drug-likeness (QED) is 0.536. The van der Waals surface area contributed by atoms with Crippen LogP contribution in [0.15, 0.2) is 12.2 Å². The summed E-state index contributed by atoms with van der Waals surface area (Å²) in [6, 6.07) is 0. The van der Waals surface area contributed by atoms with Crippen LogP contribution < -0.4 is 0 Å². The molecule has 0 aromatic rings. The van der Waals surface area contributed by atoms with Crippen LogP contribution in [0, 0.1) is 11.8 Å². The van der Waals surface area contributed by atoms with Crippen molar-refractivity contribution >= 4 is 0 Å². The molecule has 0 aliphatic heterocycles. The van der Waals surface area contributed by atoms with Crippen molar-refractivity contribution in [3.63, 3.8) is 0 Å². The number of hydrogen-bond acceptors (Lipinski definition) is 0. The zero-order valence-electron chi connectivity index (χ0n) is 7.84. The highest BCUT2D eigenvalue weighted by atomic mass is 14.1. The molecule has 1 fully saturated rings. The van der Waals surface area contributed by atoms with Crippen LogP contribution in [-0.4, -0.2) is 0 Å². The summed E-state index contributed by atoms with van der Waals surface area (Å²) in [6.45, 7) is 4.50. The molecule has 0 radical (unpaired) electrons. The first-order valence-electron chi connectivity index (χ1n) is 4.97. The minimum absolute atomic E-state index is 0. The standard InChI is InChI=1S/C11H20.CH4/c1-10(2)8-9-11-6-4-3-5-7-11;/h8-11H,3-7H2,1-2H3;1H4/b9-8+;. The van der Waals surface area contributed by atoms with Gasteiger partial charge in [-0.3, -0.25) is 0 Å². The molecule has 1 rings (SSSR count). The first-order valence-corrected chi connectivity index (χ1v) is 4.97. The molecule has 0 bridgehead atoms. The normalized spacial score (nSPS) is 19.9. The van der Waals surface area contributed by atoms with E-state index in [0.29, 0.717) is 0 Å². The van der Waals surface area contributed by atoms with E-state index in [4.69, 9.17) is 0 Å². The fourth-order valence-corrected chi connectivity index (χ4v) is 1.71. The van der Waals surface area contributed by atoms with Crippen LogP contribution in [0.25, 0.3) is 0 Å². The van der Waals surface area contributed by atoms with Gasteiger partial charge in [0.2, 0.25) is 0 Å². The molecule has 0 spiro atoms. The monoisotopic (exact) mass is 168 g/mol. The van der Waals surface area contributed by atoms with E-state index in [-0.39, 0.29) is 7.43 Å². The Labute approximate surface area is 78.1 Å². The Kier molecular flexibility index (Phi) is 6.14. The number of allylic oxidation sites excluding steroid dienone is 2. The fraction of sp³-hybridized carbons (Fsp3) is 0.833. The maximum absolute atomic E-state index is 2.43. The SMILES string of the molecule is C.CC(C)/C=C/C1CCCCC1. The second kappa shape index (κ2) is 6.28. The summed E-state index contributed by atoms with van der Waals surface area (Å²) in [4.78, 5) is 0. The van der Waals surface area contributed by atoms with E-state index < -0.39 is 0 Å². The van der Waals surface area contributed by atoms with Crippen molar-refractivity contribution in [3.8, 4) is 0 Å². The molecule has 0 heteroatoms. The van der Waals surface area contributed by atoms with Gasteiger partial charge in [0, 0.05) is 0 Å². The van der Waals surface area contributed by atoms with E-state index >= 15 is 0 Å². The van der Waals surface area contributed by atoms with E-state index in [1.165, 1.54) is 32.1 Å². The van der Waals surface area contributed by atoms with Crippen LogP contribution in [0.5, 0.6) is 0 Å². The summed E-state index contributed by atoms with van der Waals surface area (Å²) in [5.41, 5.74) is 0. The van der Waals surface area contributed by atoms with Gasteiger partial charge in [-0.1, -0.05) is 52.7 Å². The average molecular weight is 168 g/mol. The molecule has 0 amide bonds. The van der Waals surface area contributed by atoms with Gasteiger partial charge in [-0.05, 0) is 24.7 Å². The lowest BCUT2D eigenvalue weighted by Gasteiger charge is -2.17. The highest BCUT2D eigenvalue weighted by Gasteiger charge is 2.09. The van der Waals surface area contributed by atoms with E-state index in [9.17, 15) is 0 Å². The van der Waals surface area contributed by atoms with Gasteiger partial charge in [0.05, 0.1) is 0 Å². The molecule has 1 saturated carbocycles. The van der Waals surface area contributed by atoms with E-state index in [1.807, 2.05) is 0 Å². The molecule has 72 valence electrons. The fourth-order valence-electron chi connectivity index (χ4n) is 1.71. The van der Waals surface area contributed by atoms with Crippen molar-refractivity contribution < 1.29 is 0 Å². The Morgan fingerprint density at radius 2 is 1.67 bits per heavy atom. The van der Waals surface area contributed by atoms with Crippen molar-refractivity contribution in [2.75, 3.05) is 0 Å². The summed E-state index contributed by atoms with van der Waals surface area (Å²) >= 11 is 0. The first-order chi connectivity index (χ1) is 5.29. The lowest BCUT2D eigenvalue weighted by atomic mass is 9.88. The molecular weight excluding hydrogens is 144 g/mol. The van der Waals surface area contributed by atoms with Crippen molar-refractivity contribution in [2.24, 2.45) is 11.8 Å². The Balaban J connectivity index is 0.00000121. The molecule has 0 N–H and O–H groups in total. The van der Waals surface area contributed by atoms with Crippen LogP contribution in [-0.2, 0) is 0 Å². The molecule has 0 aromatic heterocycles. The lowest BCUT2D eigenvalue weighted by Crippen LogP contribution is -2.02. The molecule has 0 saturated heterocycles. The molecule has 12 heavy (non-hydrogen) atoms. The van der Waals surface area contributed by atoms with Crippen LogP contribution in [0.2, 0.25) is 0 Å². The molecule has 0 nitrogen and oxygen atoms in total. The minimum Gasteiger partial charge on any atom is -0.0857 e. The summed E-state index contributed by atoms with van der Waals surface area (Å²) in [7, 11) is 0. The van der Waals surface area contributed by atoms with Gasteiger partial charge in [-0.15, -0.1) is 0 Å². The van der Waals surface area contributed by atoms with Crippen LogP contribution in [0.4, 0.5) is 0 Å². The third-order valence-corrected chi connectivity index (χ3v) is 2.42. The van der Waals surface area contributed by atoms with Gasteiger partial charge in [-0.2, -0.15) is 0 Å². The molecule has 1 aliphatic rings. The van der Waals surface area contributed by atoms with Gasteiger partial charge in [-0.25, -0.2) is 0 Å². The summed E-state index contributed by atoms with van der Waals surface area (Å²) in [5, 5.41) is 0. The molecule has 0 atom stereocenters. The van der Waals surface area contributed by atoms with Gasteiger partial charge in [0.1, 0.15) is 0 Å². The molecular formula is C12H24. The zero-order chi connectivity index (χ0) is 8.10. The third-order valence-electron chi connectivity index (χ3n) is 2.42. The Bertz CT molecular complexity index is 116. The maximum atomic E-state index is 2.43. The predicted octanol–water partition coefficient (Wildman–Crippen LogP) is 4.42. The van der Waals surface area contributed by atoms with Crippen molar-refractivity contribution in [2.45, 2.75) is 53.4 Å². The van der Waals surface area contributed by atoms with E-state index in [0.717, 1.165) is 11.8 Å². The Morgan fingerprint density at radius 3 is 2.17 bits per heavy atom. The van der Waals surface area contributed by atoms with Gasteiger partial charge < -0.3 is 0 Å². The Morgan fingerprint density at radius 1 is 1.08 bits per heavy atom. The Hall–Kier alpha value is -0.260. The highest BCUT2D eigenvalue weighted by molar-refractivity contribution is 4.91. The summed E-state index contributed by atoms with van der Waals surface area (Å²) < 4.78 is 0. The molecule has 0 aromatic carbocycles. The topological polar surface area (TPSA) is 0 Å². The molecule has 0 heterocycles. The smallest absolute Gasteiger partial charge is 0.0233 e. The van der Waals surface area contributed by atoms with Gasteiger partial charge in [0.25, 0.3) is 0 Å². The predicted molar refractivity (Wildman–Crippen MR) is 57.3 cm³/mol. The number of rotatable bonds is 2. The van der Waals surface area contributed by atoms with Crippen LogP contribution in [0.3, 0.4) is 0 Å². The van der Waals surface area contributed by atoms with E-state index in [1.54, 1.807) is 0 Å². The molecule has 0 unspecified atom stereocenters. The first kappa shape index (κ1) is 11.7. The van der Waals surface area contributed by atoms with E-state index in [2.05, 4.69) is 26.0 Å². The van der Waals surface area contributed by atoms with Crippen molar-refractivity contribution in [1.29, 1.82) is 0 Å². The summed E-state index contributed by atoms with van der Waals surface area (Å²) in [6.07, 6.45) is 12.0. The molecule has 1 aliphatic carbocycles. The second-order valence-electron chi connectivity index (χ2n) is 4.03. The van der Waals surface area contributed by atoms with Crippen molar-refractivity contribution in [3.05, 3.63) is 12.2 Å². The second-order valence-corrected chi connectivity index (χ2v) is 4.03. The van der Waals surface area contributed by atoms with Gasteiger partial charge >= 0.3 is 0 Å². The summed E-state index contributed by atoms with van der Waals surface area (Å²) in [5.74, 6) is 1.64. The lowest BCUT2D eigenvalue weighted by molar-refractivity contribution is 0.418. The van der Waals surface area contributed by atoms with Crippen LogP contribution >= 0.6 is 0 Å². The minimum atomic E-state index is 0. The van der Waals surface area contributed by atoms with Crippen molar-refractivity contribution in [1.82, 2.24) is 0 Å². The third kappa shape index (κ3) is 4.58. The highest BCUT2D eigenvalue weighted by Crippen LogP contribution is 2.24. The number of hydrogen-bond donors (Lipinski definition) is 0. The largest absolute Gasteiger partial charge is 0.0857 e. The van der Waals surface area contributed by atoms with Crippen LogP contribution in [0.1, 0.15) is 53.4 Å². The zero-order valence-corrected chi connectivity index (χ0v) is 7.84. The average Bonchev–Trinajstić information content (AvgIpc) is 2.03.